The molecule has 0 saturated heterocycles. The van der Waals surface area contributed by atoms with Crippen molar-refractivity contribution in [2.24, 2.45) is 0 Å². The fourth-order valence-electron chi connectivity index (χ4n) is 2.91. The van der Waals surface area contributed by atoms with Gasteiger partial charge in [-0.25, -0.2) is 4.98 Å². The van der Waals surface area contributed by atoms with Crippen LogP contribution in [0.5, 0.6) is 5.75 Å². The van der Waals surface area contributed by atoms with Crippen molar-refractivity contribution in [3.8, 4) is 5.75 Å². The Kier molecular flexibility index (Phi) is 6.18. The van der Waals surface area contributed by atoms with E-state index >= 15 is 0 Å². The summed E-state index contributed by atoms with van der Waals surface area (Å²) in [6.45, 7) is 0. The number of hydrogen-bond donors (Lipinski definition) is 3. The quantitative estimate of drug-likeness (QED) is 0.372. The van der Waals surface area contributed by atoms with Crippen LogP contribution in [0.15, 0.2) is 78.0 Å². The summed E-state index contributed by atoms with van der Waals surface area (Å²) >= 11 is 1.33. The smallest absolute Gasteiger partial charge is 0.255 e. The Balaban J connectivity index is 1.29. The monoisotopic (exact) mass is 432 g/mol. The van der Waals surface area contributed by atoms with E-state index in [4.69, 9.17) is 4.74 Å². The number of aromatic nitrogens is 2. The number of amides is 2. The topological polar surface area (TPSA) is 96.1 Å². The summed E-state index contributed by atoms with van der Waals surface area (Å²) in [5.74, 6) is 0.556. The van der Waals surface area contributed by atoms with Gasteiger partial charge in [0.25, 0.3) is 5.91 Å². The Hall–Kier alpha value is -3.78. The summed E-state index contributed by atoms with van der Waals surface area (Å²) < 4.78 is 5.11. The van der Waals surface area contributed by atoms with Crippen molar-refractivity contribution >= 4 is 46.0 Å². The third kappa shape index (κ3) is 5.23. The molecule has 8 heteroatoms. The highest BCUT2D eigenvalue weighted by atomic mass is 32.2. The second-order valence-electron chi connectivity index (χ2n) is 6.66. The lowest BCUT2D eigenvalue weighted by Gasteiger charge is -2.08. The summed E-state index contributed by atoms with van der Waals surface area (Å²) in [5.41, 5.74) is 3.59. The minimum absolute atomic E-state index is 0.152. The van der Waals surface area contributed by atoms with Gasteiger partial charge < -0.3 is 20.4 Å². The number of aromatic amines is 1. The SMILES string of the molecule is COc1ccc(NC(=O)c2ccc(NC(=O)CSc3nc4ccccc4[nH]3)cc2)cc1. The number of rotatable bonds is 7. The predicted octanol–water partition coefficient (Wildman–Crippen LogP) is 4.55. The van der Waals surface area contributed by atoms with E-state index in [1.54, 1.807) is 55.6 Å². The molecule has 31 heavy (non-hydrogen) atoms. The van der Waals surface area contributed by atoms with E-state index in [1.165, 1.54) is 11.8 Å². The second kappa shape index (κ2) is 9.36. The molecule has 1 aromatic heterocycles. The van der Waals surface area contributed by atoms with E-state index in [0.717, 1.165) is 16.8 Å². The highest BCUT2D eigenvalue weighted by Gasteiger charge is 2.09. The molecular formula is C23H20N4O3S. The molecule has 0 fully saturated rings. The van der Waals surface area contributed by atoms with Gasteiger partial charge in [0, 0.05) is 16.9 Å². The summed E-state index contributed by atoms with van der Waals surface area (Å²) in [7, 11) is 1.59. The first kappa shape index (κ1) is 20.5. The standard InChI is InChI=1S/C23H20N4O3S/c1-30-18-12-10-17(11-13-18)25-22(29)15-6-8-16(9-7-15)24-21(28)14-31-23-26-19-4-2-3-5-20(19)27-23/h2-13H,14H2,1H3,(H,24,28)(H,25,29)(H,26,27). The molecule has 4 aromatic rings. The van der Waals surface area contributed by atoms with Gasteiger partial charge >= 0.3 is 0 Å². The molecule has 1 heterocycles. The molecule has 3 aromatic carbocycles. The Bertz CT molecular complexity index is 1170. The fraction of sp³-hybridized carbons (Fsp3) is 0.0870. The van der Waals surface area contributed by atoms with Crippen molar-refractivity contribution in [3.05, 3.63) is 78.4 Å². The number of imidazole rings is 1. The highest BCUT2D eigenvalue weighted by molar-refractivity contribution is 7.99. The number of benzene rings is 3. The Morgan fingerprint density at radius 1 is 0.935 bits per heavy atom. The number of H-pyrrole nitrogens is 1. The van der Waals surface area contributed by atoms with Crippen LogP contribution in [0.2, 0.25) is 0 Å². The number of fused-ring (bicyclic) bond motifs is 1. The van der Waals surface area contributed by atoms with E-state index in [-0.39, 0.29) is 17.6 Å². The number of anilines is 2. The summed E-state index contributed by atoms with van der Waals surface area (Å²) in [6, 6.07) is 21.5. The number of carbonyl (C=O) groups is 2. The number of para-hydroxylation sites is 2. The van der Waals surface area contributed by atoms with Gasteiger partial charge in [-0.1, -0.05) is 23.9 Å². The summed E-state index contributed by atoms with van der Waals surface area (Å²) in [4.78, 5) is 32.3. The zero-order valence-corrected chi connectivity index (χ0v) is 17.5. The number of carbonyl (C=O) groups excluding carboxylic acids is 2. The number of thioether (sulfide) groups is 1. The molecule has 0 aliphatic rings. The molecule has 0 atom stereocenters. The molecule has 0 spiro atoms. The fourth-order valence-corrected chi connectivity index (χ4v) is 3.60. The molecular weight excluding hydrogens is 412 g/mol. The van der Waals surface area contributed by atoms with Crippen molar-refractivity contribution in [1.29, 1.82) is 0 Å². The van der Waals surface area contributed by atoms with E-state index < -0.39 is 0 Å². The van der Waals surface area contributed by atoms with Crippen LogP contribution >= 0.6 is 11.8 Å². The number of hydrogen-bond acceptors (Lipinski definition) is 5. The first-order valence-electron chi connectivity index (χ1n) is 9.53. The van der Waals surface area contributed by atoms with Crippen LogP contribution in [0.1, 0.15) is 10.4 Å². The van der Waals surface area contributed by atoms with Crippen LogP contribution in [0.3, 0.4) is 0 Å². The van der Waals surface area contributed by atoms with Crippen LogP contribution < -0.4 is 15.4 Å². The maximum absolute atomic E-state index is 12.4. The number of nitrogens with zero attached hydrogens (tertiary/aromatic N) is 1. The summed E-state index contributed by atoms with van der Waals surface area (Å²) in [5, 5.41) is 6.35. The lowest BCUT2D eigenvalue weighted by atomic mass is 10.2. The third-order valence-corrected chi connectivity index (χ3v) is 5.36. The van der Waals surface area contributed by atoms with Crippen molar-refractivity contribution in [1.82, 2.24) is 9.97 Å². The Labute approximate surface area is 183 Å². The molecule has 3 N–H and O–H groups in total. The zero-order chi connectivity index (χ0) is 21.6. The van der Waals surface area contributed by atoms with Gasteiger partial charge in [-0.15, -0.1) is 0 Å². The van der Waals surface area contributed by atoms with E-state index in [0.29, 0.717) is 22.1 Å². The molecule has 0 aliphatic carbocycles. The van der Waals surface area contributed by atoms with Gasteiger partial charge in [0.2, 0.25) is 5.91 Å². The minimum atomic E-state index is -0.233. The first-order valence-corrected chi connectivity index (χ1v) is 10.5. The number of ether oxygens (including phenoxy) is 1. The van der Waals surface area contributed by atoms with Gasteiger partial charge in [-0.05, 0) is 60.7 Å². The first-order chi connectivity index (χ1) is 15.1. The van der Waals surface area contributed by atoms with Crippen molar-refractivity contribution in [2.75, 3.05) is 23.5 Å². The van der Waals surface area contributed by atoms with E-state index in [2.05, 4.69) is 20.6 Å². The van der Waals surface area contributed by atoms with Crippen molar-refractivity contribution in [2.45, 2.75) is 5.16 Å². The minimum Gasteiger partial charge on any atom is -0.497 e. The Morgan fingerprint density at radius 2 is 1.61 bits per heavy atom. The normalized spacial score (nSPS) is 10.6. The van der Waals surface area contributed by atoms with Gasteiger partial charge in [-0.3, -0.25) is 9.59 Å². The molecule has 4 rings (SSSR count). The van der Waals surface area contributed by atoms with Gasteiger partial charge in [-0.2, -0.15) is 0 Å². The maximum Gasteiger partial charge on any atom is 0.255 e. The molecule has 156 valence electrons. The van der Waals surface area contributed by atoms with Crippen LogP contribution in [0.25, 0.3) is 11.0 Å². The molecule has 0 unspecified atom stereocenters. The average Bonchev–Trinajstić information content (AvgIpc) is 3.22. The van der Waals surface area contributed by atoms with Crippen LogP contribution in [-0.4, -0.2) is 34.6 Å². The van der Waals surface area contributed by atoms with Crippen molar-refractivity contribution < 1.29 is 14.3 Å². The van der Waals surface area contributed by atoms with Gasteiger partial charge in [0.1, 0.15) is 5.75 Å². The van der Waals surface area contributed by atoms with Crippen LogP contribution in [0.4, 0.5) is 11.4 Å². The molecule has 7 nitrogen and oxygen atoms in total. The van der Waals surface area contributed by atoms with Crippen LogP contribution in [0, 0.1) is 0 Å². The molecule has 0 aliphatic heterocycles. The van der Waals surface area contributed by atoms with E-state index in [1.807, 2.05) is 24.3 Å². The van der Waals surface area contributed by atoms with Gasteiger partial charge in [0.15, 0.2) is 5.16 Å². The lowest BCUT2D eigenvalue weighted by molar-refractivity contribution is -0.113. The number of nitrogens with one attached hydrogen (secondary N) is 3. The third-order valence-electron chi connectivity index (χ3n) is 4.49. The van der Waals surface area contributed by atoms with Crippen LogP contribution in [-0.2, 0) is 4.79 Å². The average molecular weight is 433 g/mol. The molecule has 2 amide bonds. The molecule has 0 bridgehead atoms. The maximum atomic E-state index is 12.4. The second-order valence-corrected chi connectivity index (χ2v) is 7.62. The molecule has 0 saturated carbocycles. The predicted molar refractivity (Wildman–Crippen MR) is 123 cm³/mol. The number of methoxy groups -OCH3 is 1. The van der Waals surface area contributed by atoms with Crippen molar-refractivity contribution in [3.63, 3.8) is 0 Å². The Morgan fingerprint density at radius 3 is 2.32 bits per heavy atom. The lowest BCUT2D eigenvalue weighted by Crippen LogP contribution is -2.15. The van der Waals surface area contributed by atoms with E-state index in [9.17, 15) is 9.59 Å². The highest BCUT2D eigenvalue weighted by Crippen LogP contribution is 2.20. The largest absolute Gasteiger partial charge is 0.497 e. The zero-order valence-electron chi connectivity index (χ0n) is 16.7. The van der Waals surface area contributed by atoms with Gasteiger partial charge in [0.05, 0.1) is 23.9 Å². The summed E-state index contributed by atoms with van der Waals surface area (Å²) in [6.07, 6.45) is 0. The molecule has 0 radical (unpaired) electrons.